The van der Waals surface area contributed by atoms with Crippen molar-refractivity contribution in [1.82, 2.24) is 0 Å². The van der Waals surface area contributed by atoms with Gasteiger partial charge in [0.2, 0.25) is 0 Å². The Morgan fingerprint density at radius 1 is 1.00 bits per heavy atom. The van der Waals surface area contributed by atoms with Crippen LogP contribution in [0.2, 0.25) is 0 Å². The van der Waals surface area contributed by atoms with Crippen molar-refractivity contribution in [2.24, 2.45) is 0 Å². The third kappa shape index (κ3) is 4.40. The number of fused-ring (bicyclic) bond motifs is 1. The number of halogens is 1. The fourth-order valence-electron chi connectivity index (χ4n) is 2.62. The molecule has 0 aromatic heterocycles. The van der Waals surface area contributed by atoms with Crippen LogP contribution in [0.5, 0.6) is 0 Å². The third-order valence-corrected chi connectivity index (χ3v) is 6.87. The molecule has 1 atom stereocenters. The second kappa shape index (κ2) is 8.22. The van der Waals surface area contributed by atoms with Gasteiger partial charge >= 0.3 is 8.80 Å². The topological polar surface area (TPSA) is 27.7 Å². The molecule has 0 aliphatic carbocycles. The van der Waals surface area contributed by atoms with Gasteiger partial charge in [-0.2, -0.15) is 0 Å². The van der Waals surface area contributed by atoms with E-state index < -0.39 is 8.80 Å². The maximum atomic E-state index is 6.08. The molecule has 2 rings (SSSR count). The fourth-order valence-corrected chi connectivity index (χ4v) is 6.13. The Bertz CT molecular complexity index is 592. The van der Waals surface area contributed by atoms with Crippen molar-refractivity contribution in [2.75, 3.05) is 13.2 Å². The molecule has 5 heteroatoms. The first-order valence-corrected chi connectivity index (χ1v) is 10.5. The lowest BCUT2D eigenvalue weighted by Crippen LogP contribution is -2.49. The van der Waals surface area contributed by atoms with Gasteiger partial charge in [0, 0.05) is 19.3 Å². The Morgan fingerprint density at radius 2 is 1.64 bits per heavy atom. The summed E-state index contributed by atoms with van der Waals surface area (Å²) in [5.41, 5.74) is 1.21. The van der Waals surface area contributed by atoms with E-state index in [1.165, 1.54) is 16.3 Å². The molecule has 3 nitrogen and oxygen atoms in total. The van der Waals surface area contributed by atoms with Gasteiger partial charge in [-0.3, -0.25) is 0 Å². The molecule has 0 saturated heterocycles. The zero-order chi connectivity index (χ0) is 16.0. The lowest BCUT2D eigenvalue weighted by Gasteiger charge is -2.30. The van der Waals surface area contributed by atoms with E-state index in [0.29, 0.717) is 19.3 Å². The van der Waals surface area contributed by atoms with Gasteiger partial charge in [-0.15, -0.1) is 0 Å². The van der Waals surface area contributed by atoms with Gasteiger partial charge < -0.3 is 13.3 Å². The van der Waals surface area contributed by atoms with Crippen molar-refractivity contribution in [3.05, 3.63) is 48.0 Å². The molecule has 120 valence electrons. The number of rotatable bonds is 8. The van der Waals surface area contributed by atoms with Gasteiger partial charge in [-0.05, 0) is 37.1 Å². The maximum absolute atomic E-state index is 6.08. The summed E-state index contributed by atoms with van der Waals surface area (Å²) >= 11 is 3.47. The van der Waals surface area contributed by atoms with Crippen LogP contribution in [0.25, 0.3) is 10.8 Å². The van der Waals surface area contributed by atoms with E-state index in [0.717, 1.165) is 0 Å². The molecule has 1 unspecified atom stereocenters. The lowest BCUT2D eigenvalue weighted by atomic mass is 10.1. The number of alkyl halides is 1. The largest absolute Gasteiger partial charge is 0.506 e. The number of benzene rings is 2. The summed E-state index contributed by atoms with van der Waals surface area (Å²) in [6.45, 7) is 7.06. The Hall–Kier alpha value is -0.723. The Kier molecular flexibility index (Phi) is 6.59. The number of hydrogen-bond donors (Lipinski definition) is 0. The van der Waals surface area contributed by atoms with E-state index in [9.17, 15) is 0 Å². The minimum atomic E-state index is -2.76. The van der Waals surface area contributed by atoms with Gasteiger partial charge in [0.25, 0.3) is 0 Å². The molecule has 0 heterocycles. The van der Waals surface area contributed by atoms with Crippen LogP contribution < -0.4 is 0 Å². The highest BCUT2D eigenvalue weighted by atomic mass is 79.9. The van der Waals surface area contributed by atoms with Gasteiger partial charge in [0.05, 0.1) is 0 Å². The quantitative estimate of drug-likeness (QED) is 0.489. The van der Waals surface area contributed by atoms with Crippen molar-refractivity contribution in [3.8, 4) is 0 Å². The second-order valence-electron chi connectivity index (χ2n) is 5.02. The first-order chi connectivity index (χ1) is 10.6. The molecule has 0 radical (unpaired) electrons. The molecule has 0 fully saturated rings. The maximum Gasteiger partial charge on any atom is 0.506 e. The summed E-state index contributed by atoms with van der Waals surface area (Å²) in [5.74, 6) is 0. The highest BCUT2D eigenvalue weighted by Gasteiger charge is 2.42. The monoisotopic (exact) mass is 382 g/mol. The van der Waals surface area contributed by atoms with Gasteiger partial charge in [-0.1, -0.05) is 58.4 Å². The van der Waals surface area contributed by atoms with Crippen molar-refractivity contribution in [3.63, 3.8) is 0 Å². The standard InChI is InChI=1S/C17H23BrO3Si/c1-4-19-22(20-5-2,21-14(3)18)13-16-11-8-10-15-9-6-7-12-17(15)16/h6-12,14H,4-5,13H2,1-3H3. The first kappa shape index (κ1) is 17.6. The zero-order valence-corrected chi connectivity index (χ0v) is 15.9. The minimum Gasteiger partial charge on any atom is -0.374 e. The van der Waals surface area contributed by atoms with E-state index in [-0.39, 0.29) is 5.01 Å². The summed E-state index contributed by atoms with van der Waals surface area (Å²) < 4.78 is 18.1. The minimum absolute atomic E-state index is 0.104. The summed E-state index contributed by atoms with van der Waals surface area (Å²) in [6.07, 6.45) is 0. The van der Waals surface area contributed by atoms with Crippen molar-refractivity contribution < 1.29 is 13.3 Å². The molecule has 0 spiro atoms. The summed E-state index contributed by atoms with van der Waals surface area (Å²) in [7, 11) is -2.76. The first-order valence-electron chi connectivity index (χ1n) is 7.66. The van der Waals surface area contributed by atoms with Gasteiger partial charge in [0.15, 0.2) is 0 Å². The Labute approximate surface area is 142 Å². The molecule has 0 aliphatic rings. The highest BCUT2D eigenvalue weighted by Crippen LogP contribution is 2.26. The summed E-state index contributed by atoms with van der Waals surface area (Å²) in [4.78, 5) is 0. The van der Waals surface area contributed by atoms with Crippen LogP contribution in [0.1, 0.15) is 26.3 Å². The Balaban J connectivity index is 2.39. The molecule has 0 amide bonds. The van der Waals surface area contributed by atoms with Crippen molar-refractivity contribution in [2.45, 2.75) is 31.8 Å². The third-order valence-electron chi connectivity index (χ3n) is 3.36. The second-order valence-corrected chi connectivity index (χ2v) is 8.85. The van der Waals surface area contributed by atoms with Crippen LogP contribution in [0.4, 0.5) is 0 Å². The average Bonchev–Trinajstić information content (AvgIpc) is 2.47. The Morgan fingerprint density at radius 3 is 2.27 bits per heavy atom. The van der Waals surface area contributed by atoms with Crippen LogP contribution in [0, 0.1) is 0 Å². The van der Waals surface area contributed by atoms with Crippen LogP contribution in [-0.2, 0) is 19.3 Å². The molecule has 0 N–H and O–H groups in total. The highest BCUT2D eigenvalue weighted by molar-refractivity contribution is 9.09. The SMILES string of the molecule is CCO[Si](Cc1cccc2ccccc12)(OCC)OC(C)Br. The molecule has 2 aromatic rings. The van der Waals surface area contributed by atoms with Crippen LogP contribution in [0.15, 0.2) is 42.5 Å². The van der Waals surface area contributed by atoms with Crippen molar-refractivity contribution in [1.29, 1.82) is 0 Å². The van der Waals surface area contributed by atoms with E-state index in [1.807, 2.05) is 20.8 Å². The summed E-state index contributed by atoms with van der Waals surface area (Å²) in [6, 6.07) is 15.4. The lowest BCUT2D eigenvalue weighted by molar-refractivity contribution is 0.0636. The van der Waals surface area contributed by atoms with Crippen molar-refractivity contribution >= 4 is 35.5 Å². The summed E-state index contributed by atoms with van der Waals surface area (Å²) in [5, 5.41) is 2.35. The van der Waals surface area contributed by atoms with Crippen LogP contribution in [0.3, 0.4) is 0 Å². The fraction of sp³-hybridized carbons (Fsp3) is 0.412. The molecular weight excluding hydrogens is 360 g/mol. The van der Waals surface area contributed by atoms with Crippen LogP contribution in [-0.4, -0.2) is 27.0 Å². The average molecular weight is 383 g/mol. The molecule has 22 heavy (non-hydrogen) atoms. The zero-order valence-electron chi connectivity index (χ0n) is 13.3. The van der Waals surface area contributed by atoms with E-state index in [2.05, 4.69) is 58.4 Å². The molecular formula is C17H23BrO3Si. The number of hydrogen-bond acceptors (Lipinski definition) is 3. The predicted octanol–water partition coefficient (Wildman–Crippen LogP) is 4.69. The molecule has 2 aromatic carbocycles. The smallest absolute Gasteiger partial charge is 0.374 e. The van der Waals surface area contributed by atoms with E-state index in [4.69, 9.17) is 13.3 Å². The van der Waals surface area contributed by atoms with Crippen LogP contribution >= 0.6 is 15.9 Å². The molecule has 0 saturated carbocycles. The molecule has 0 bridgehead atoms. The van der Waals surface area contributed by atoms with E-state index in [1.54, 1.807) is 0 Å². The van der Waals surface area contributed by atoms with Gasteiger partial charge in [-0.25, -0.2) is 0 Å². The predicted molar refractivity (Wildman–Crippen MR) is 96.1 cm³/mol. The van der Waals surface area contributed by atoms with E-state index >= 15 is 0 Å². The molecule has 0 aliphatic heterocycles. The van der Waals surface area contributed by atoms with Gasteiger partial charge in [0.1, 0.15) is 5.01 Å². The normalized spacial score (nSPS) is 13.5.